The SMILES string of the molecule is CCCCc1nc2c3ccccc3oc2c2ccccc12. The molecule has 0 bridgehead atoms. The van der Waals surface area contributed by atoms with Crippen molar-refractivity contribution >= 4 is 32.8 Å². The summed E-state index contributed by atoms with van der Waals surface area (Å²) >= 11 is 0. The van der Waals surface area contributed by atoms with Crippen LogP contribution in [0.25, 0.3) is 32.8 Å². The smallest absolute Gasteiger partial charge is 0.161 e. The van der Waals surface area contributed by atoms with Crippen molar-refractivity contribution in [2.45, 2.75) is 26.2 Å². The summed E-state index contributed by atoms with van der Waals surface area (Å²) in [5, 5.41) is 3.50. The van der Waals surface area contributed by atoms with Crippen molar-refractivity contribution in [2.75, 3.05) is 0 Å². The fourth-order valence-corrected chi connectivity index (χ4v) is 2.99. The van der Waals surface area contributed by atoms with Crippen molar-refractivity contribution in [3.05, 3.63) is 54.2 Å². The minimum atomic E-state index is 0.909. The summed E-state index contributed by atoms with van der Waals surface area (Å²) in [6.45, 7) is 2.22. The highest BCUT2D eigenvalue weighted by molar-refractivity contribution is 6.13. The summed E-state index contributed by atoms with van der Waals surface area (Å²) in [5.41, 5.74) is 4.01. The second-order valence-electron chi connectivity index (χ2n) is 5.48. The topological polar surface area (TPSA) is 26.0 Å². The summed E-state index contributed by atoms with van der Waals surface area (Å²) in [5.74, 6) is 0. The Balaban J connectivity index is 2.13. The van der Waals surface area contributed by atoms with Gasteiger partial charge in [0.05, 0.1) is 0 Å². The third kappa shape index (κ3) is 1.90. The molecule has 2 aromatic carbocycles. The van der Waals surface area contributed by atoms with Crippen molar-refractivity contribution in [3.8, 4) is 0 Å². The van der Waals surface area contributed by atoms with Crippen molar-refractivity contribution in [1.29, 1.82) is 0 Å². The van der Waals surface area contributed by atoms with Gasteiger partial charge in [0, 0.05) is 21.9 Å². The van der Waals surface area contributed by atoms with Crippen molar-refractivity contribution in [1.82, 2.24) is 4.98 Å². The molecule has 104 valence electrons. The van der Waals surface area contributed by atoms with Gasteiger partial charge in [-0.1, -0.05) is 49.7 Å². The standard InChI is InChI=1S/C19H17NO/c1-2-3-11-16-13-8-4-5-9-14(13)19-18(20-16)15-10-6-7-12-17(15)21-19/h4-10,12H,2-3,11H2,1H3. The number of aromatic nitrogens is 1. The third-order valence-electron chi connectivity index (χ3n) is 4.07. The second-order valence-corrected chi connectivity index (χ2v) is 5.48. The third-order valence-corrected chi connectivity index (χ3v) is 4.07. The Kier molecular flexibility index (Phi) is 2.88. The summed E-state index contributed by atoms with van der Waals surface area (Å²) in [6, 6.07) is 16.6. The predicted octanol–water partition coefficient (Wildman–Crippen LogP) is 5.48. The van der Waals surface area contributed by atoms with Gasteiger partial charge >= 0.3 is 0 Å². The molecule has 0 aliphatic rings. The van der Waals surface area contributed by atoms with Gasteiger partial charge in [-0.3, -0.25) is 0 Å². The van der Waals surface area contributed by atoms with Crippen LogP contribution in [0.3, 0.4) is 0 Å². The first-order valence-corrected chi connectivity index (χ1v) is 7.57. The number of benzene rings is 2. The number of unbranched alkanes of at least 4 members (excludes halogenated alkanes) is 1. The van der Waals surface area contributed by atoms with Gasteiger partial charge in [-0.05, 0) is 25.0 Å². The fraction of sp³-hybridized carbons (Fsp3) is 0.211. The van der Waals surface area contributed by atoms with Gasteiger partial charge in [0.15, 0.2) is 5.58 Å². The minimum Gasteiger partial charge on any atom is -0.454 e. The molecule has 2 nitrogen and oxygen atoms in total. The molecule has 0 saturated carbocycles. The Morgan fingerprint density at radius 3 is 2.43 bits per heavy atom. The predicted molar refractivity (Wildman–Crippen MR) is 87.6 cm³/mol. The highest BCUT2D eigenvalue weighted by atomic mass is 16.3. The number of hydrogen-bond donors (Lipinski definition) is 0. The maximum Gasteiger partial charge on any atom is 0.161 e. The first-order chi connectivity index (χ1) is 10.4. The normalized spacial score (nSPS) is 11.7. The zero-order valence-electron chi connectivity index (χ0n) is 12.1. The van der Waals surface area contributed by atoms with Crippen molar-refractivity contribution in [3.63, 3.8) is 0 Å². The molecule has 4 aromatic rings. The van der Waals surface area contributed by atoms with E-state index in [2.05, 4.69) is 37.3 Å². The molecule has 2 aromatic heterocycles. The molecule has 0 fully saturated rings. The zero-order valence-corrected chi connectivity index (χ0v) is 12.1. The number of fused-ring (bicyclic) bond motifs is 5. The maximum atomic E-state index is 6.06. The monoisotopic (exact) mass is 275 g/mol. The molecule has 0 aliphatic heterocycles. The van der Waals surface area contributed by atoms with E-state index in [1.54, 1.807) is 0 Å². The Morgan fingerprint density at radius 2 is 1.62 bits per heavy atom. The number of para-hydroxylation sites is 1. The molecule has 4 rings (SSSR count). The number of aryl methyl sites for hydroxylation is 1. The van der Waals surface area contributed by atoms with Gasteiger partial charge in [0.25, 0.3) is 0 Å². The number of pyridine rings is 1. The van der Waals surface area contributed by atoms with E-state index >= 15 is 0 Å². The van der Waals surface area contributed by atoms with Gasteiger partial charge in [0.2, 0.25) is 0 Å². The molecule has 0 amide bonds. The Labute approximate surface area is 123 Å². The van der Waals surface area contributed by atoms with E-state index in [4.69, 9.17) is 9.40 Å². The average molecular weight is 275 g/mol. The second kappa shape index (κ2) is 4.88. The van der Waals surface area contributed by atoms with Crippen molar-refractivity contribution < 1.29 is 4.42 Å². The molecule has 2 heterocycles. The number of hydrogen-bond acceptors (Lipinski definition) is 2. The molecule has 0 N–H and O–H groups in total. The minimum absolute atomic E-state index is 0.909. The van der Waals surface area contributed by atoms with Crippen LogP contribution < -0.4 is 0 Å². The average Bonchev–Trinajstić information content (AvgIpc) is 2.91. The van der Waals surface area contributed by atoms with Crippen LogP contribution in [0.5, 0.6) is 0 Å². The van der Waals surface area contributed by atoms with Gasteiger partial charge in [-0.15, -0.1) is 0 Å². The van der Waals surface area contributed by atoms with Crippen LogP contribution in [0.4, 0.5) is 0 Å². The Hall–Kier alpha value is -2.35. The lowest BCUT2D eigenvalue weighted by atomic mass is 10.0. The molecule has 2 heteroatoms. The van der Waals surface area contributed by atoms with Gasteiger partial charge in [0.1, 0.15) is 11.1 Å². The molecule has 0 unspecified atom stereocenters. The number of furan rings is 1. The highest BCUT2D eigenvalue weighted by Crippen LogP contribution is 2.34. The van der Waals surface area contributed by atoms with E-state index in [9.17, 15) is 0 Å². The molecular formula is C19H17NO. The van der Waals surface area contributed by atoms with E-state index in [1.807, 2.05) is 18.2 Å². The lowest BCUT2D eigenvalue weighted by Gasteiger charge is -2.06. The molecule has 0 radical (unpaired) electrons. The van der Waals surface area contributed by atoms with Crippen molar-refractivity contribution in [2.24, 2.45) is 0 Å². The maximum absolute atomic E-state index is 6.06. The van der Waals surface area contributed by atoms with Crippen LogP contribution in [-0.4, -0.2) is 4.98 Å². The largest absolute Gasteiger partial charge is 0.454 e. The van der Waals surface area contributed by atoms with Gasteiger partial charge in [-0.25, -0.2) is 4.98 Å². The lowest BCUT2D eigenvalue weighted by molar-refractivity contribution is 0.671. The zero-order chi connectivity index (χ0) is 14.2. The van der Waals surface area contributed by atoms with Gasteiger partial charge in [-0.2, -0.15) is 0 Å². The number of rotatable bonds is 3. The van der Waals surface area contributed by atoms with Crippen LogP contribution in [0.15, 0.2) is 52.9 Å². The van der Waals surface area contributed by atoms with E-state index < -0.39 is 0 Å². The Morgan fingerprint density at radius 1 is 0.905 bits per heavy atom. The molecule has 0 saturated heterocycles. The number of nitrogens with zero attached hydrogens (tertiary/aromatic N) is 1. The summed E-state index contributed by atoms with van der Waals surface area (Å²) in [6.07, 6.45) is 3.37. The summed E-state index contributed by atoms with van der Waals surface area (Å²) in [7, 11) is 0. The van der Waals surface area contributed by atoms with E-state index in [0.29, 0.717) is 0 Å². The molecule has 0 spiro atoms. The quantitative estimate of drug-likeness (QED) is 0.495. The van der Waals surface area contributed by atoms with E-state index in [-0.39, 0.29) is 0 Å². The molecule has 21 heavy (non-hydrogen) atoms. The Bertz CT molecular complexity index is 936. The van der Waals surface area contributed by atoms with Crippen LogP contribution in [-0.2, 0) is 6.42 Å². The first kappa shape index (κ1) is 12.4. The fourth-order valence-electron chi connectivity index (χ4n) is 2.99. The van der Waals surface area contributed by atoms with E-state index in [0.717, 1.165) is 34.9 Å². The van der Waals surface area contributed by atoms with Crippen LogP contribution in [0, 0.1) is 0 Å². The summed E-state index contributed by atoms with van der Waals surface area (Å²) in [4.78, 5) is 4.94. The molecule has 0 aliphatic carbocycles. The summed E-state index contributed by atoms with van der Waals surface area (Å²) < 4.78 is 6.06. The molecular weight excluding hydrogens is 258 g/mol. The first-order valence-electron chi connectivity index (χ1n) is 7.57. The van der Waals surface area contributed by atoms with Crippen LogP contribution in [0.2, 0.25) is 0 Å². The lowest BCUT2D eigenvalue weighted by Crippen LogP contribution is -1.93. The van der Waals surface area contributed by atoms with Crippen LogP contribution in [0.1, 0.15) is 25.5 Å². The molecule has 0 atom stereocenters. The van der Waals surface area contributed by atoms with Crippen LogP contribution >= 0.6 is 0 Å². The highest BCUT2D eigenvalue weighted by Gasteiger charge is 2.14. The van der Waals surface area contributed by atoms with E-state index in [1.165, 1.54) is 22.9 Å². The van der Waals surface area contributed by atoms with Gasteiger partial charge < -0.3 is 4.42 Å².